The van der Waals surface area contributed by atoms with Crippen molar-refractivity contribution >= 4 is 5.91 Å². The Hall–Kier alpha value is -1.62. The van der Waals surface area contributed by atoms with Gasteiger partial charge in [0.05, 0.1) is 6.61 Å². The fraction of sp³-hybridized carbons (Fsp3) is 0.500. The highest BCUT2D eigenvalue weighted by Crippen LogP contribution is 2.11. The summed E-state index contributed by atoms with van der Waals surface area (Å²) in [7, 11) is 0. The van der Waals surface area contributed by atoms with Crippen LogP contribution in [0.15, 0.2) is 24.3 Å². The third-order valence-corrected chi connectivity index (χ3v) is 2.55. The van der Waals surface area contributed by atoms with Crippen LogP contribution in [0.25, 0.3) is 0 Å². The van der Waals surface area contributed by atoms with Gasteiger partial charge in [0, 0.05) is 19.0 Å². The van der Waals surface area contributed by atoms with Crippen LogP contribution < -0.4 is 15.8 Å². The topological polar surface area (TPSA) is 64.3 Å². The lowest BCUT2D eigenvalue weighted by Crippen LogP contribution is -2.28. The monoisotopic (exact) mass is 268 g/mol. The van der Waals surface area contributed by atoms with Crippen molar-refractivity contribution < 1.29 is 13.9 Å². The Morgan fingerprint density at radius 1 is 1.42 bits per heavy atom. The van der Waals surface area contributed by atoms with Crippen LogP contribution in [0.3, 0.4) is 0 Å². The molecule has 4 nitrogen and oxygen atoms in total. The van der Waals surface area contributed by atoms with Gasteiger partial charge >= 0.3 is 0 Å². The number of amides is 1. The molecule has 0 radical (unpaired) electrons. The van der Waals surface area contributed by atoms with Crippen LogP contribution in [0.5, 0.6) is 5.75 Å². The highest BCUT2D eigenvalue weighted by atomic mass is 19.1. The molecule has 1 aromatic rings. The van der Waals surface area contributed by atoms with Gasteiger partial charge in [0.2, 0.25) is 5.91 Å². The highest BCUT2D eigenvalue weighted by molar-refractivity contribution is 5.75. The SMILES string of the molecule is CC(N)CCNC(=O)CCCOc1ccc(F)cc1. The predicted octanol–water partition coefficient (Wildman–Crippen LogP) is 1.84. The maximum atomic E-state index is 12.6. The zero-order valence-corrected chi connectivity index (χ0v) is 11.2. The fourth-order valence-electron chi connectivity index (χ4n) is 1.48. The van der Waals surface area contributed by atoms with E-state index in [1.807, 2.05) is 6.92 Å². The van der Waals surface area contributed by atoms with Gasteiger partial charge in [-0.2, -0.15) is 0 Å². The first kappa shape index (κ1) is 15.4. The highest BCUT2D eigenvalue weighted by Gasteiger charge is 2.02. The Bertz CT molecular complexity index is 380. The third kappa shape index (κ3) is 7.41. The second-order valence-electron chi connectivity index (χ2n) is 4.52. The number of nitrogens with one attached hydrogen (secondary N) is 1. The van der Waals surface area contributed by atoms with Gasteiger partial charge in [0.15, 0.2) is 0 Å². The van der Waals surface area contributed by atoms with Crippen LogP contribution in [0, 0.1) is 5.82 Å². The normalized spacial score (nSPS) is 11.9. The lowest BCUT2D eigenvalue weighted by molar-refractivity contribution is -0.121. The van der Waals surface area contributed by atoms with Gasteiger partial charge in [-0.1, -0.05) is 0 Å². The molecule has 1 rings (SSSR count). The number of hydrogen-bond donors (Lipinski definition) is 2. The van der Waals surface area contributed by atoms with Crippen molar-refractivity contribution in [2.24, 2.45) is 5.73 Å². The van der Waals surface area contributed by atoms with Crippen LogP contribution in [-0.2, 0) is 4.79 Å². The summed E-state index contributed by atoms with van der Waals surface area (Å²) in [5.41, 5.74) is 5.58. The van der Waals surface area contributed by atoms with Crippen molar-refractivity contribution in [2.75, 3.05) is 13.2 Å². The molecule has 0 heterocycles. The lowest BCUT2D eigenvalue weighted by Gasteiger charge is -2.08. The first-order chi connectivity index (χ1) is 9.08. The second-order valence-corrected chi connectivity index (χ2v) is 4.52. The Labute approximate surface area is 113 Å². The van der Waals surface area contributed by atoms with Gasteiger partial charge in [-0.05, 0) is 44.0 Å². The van der Waals surface area contributed by atoms with E-state index in [1.54, 1.807) is 12.1 Å². The summed E-state index contributed by atoms with van der Waals surface area (Å²) in [4.78, 5) is 11.4. The Morgan fingerprint density at radius 2 is 2.11 bits per heavy atom. The van der Waals surface area contributed by atoms with E-state index in [1.165, 1.54) is 12.1 Å². The van der Waals surface area contributed by atoms with Crippen molar-refractivity contribution in [2.45, 2.75) is 32.2 Å². The van der Waals surface area contributed by atoms with Crippen molar-refractivity contribution in [3.63, 3.8) is 0 Å². The first-order valence-electron chi connectivity index (χ1n) is 6.48. The number of nitrogens with two attached hydrogens (primary N) is 1. The number of halogens is 1. The average Bonchev–Trinajstić information content (AvgIpc) is 2.36. The largest absolute Gasteiger partial charge is 0.494 e. The molecule has 0 saturated carbocycles. The molecule has 5 heteroatoms. The number of benzene rings is 1. The molecule has 0 spiro atoms. The van der Waals surface area contributed by atoms with Crippen LogP contribution in [0.1, 0.15) is 26.2 Å². The number of carbonyl (C=O) groups excluding carboxylic acids is 1. The number of hydrogen-bond acceptors (Lipinski definition) is 3. The number of ether oxygens (including phenoxy) is 1. The molecule has 19 heavy (non-hydrogen) atoms. The molecule has 0 bridgehead atoms. The molecule has 0 aliphatic rings. The summed E-state index contributed by atoms with van der Waals surface area (Å²) in [6, 6.07) is 5.92. The molecule has 3 N–H and O–H groups in total. The summed E-state index contributed by atoms with van der Waals surface area (Å²) in [6.07, 6.45) is 1.82. The minimum absolute atomic E-state index is 0.00311. The second kappa shape index (κ2) is 8.48. The van der Waals surface area contributed by atoms with E-state index in [9.17, 15) is 9.18 Å². The maximum absolute atomic E-state index is 12.6. The van der Waals surface area contributed by atoms with E-state index in [0.29, 0.717) is 31.7 Å². The van der Waals surface area contributed by atoms with E-state index in [-0.39, 0.29) is 17.8 Å². The molecular weight excluding hydrogens is 247 g/mol. The molecule has 1 amide bonds. The van der Waals surface area contributed by atoms with Gasteiger partial charge in [-0.3, -0.25) is 4.79 Å². The third-order valence-electron chi connectivity index (χ3n) is 2.55. The van der Waals surface area contributed by atoms with Gasteiger partial charge in [-0.15, -0.1) is 0 Å². The van der Waals surface area contributed by atoms with Gasteiger partial charge in [0.1, 0.15) is 11.6 Å². The van der Waals surface area contributed by atoms with E-state index in [0.717, 1.165) is 6.42 Å². The standard InChI is InChI=1S/C14H21FN2O2/c1-11(16)8-9-17-14(18)3-2-10-19-13-6-4-12(15)5-7-13/h4-7,11H,2-3,8-10,16H2,1H3,(H,17,18). The quantitative estimate of drug-likeness (QED) is 0.707. The van der Waals surface area contributed by atoms with Crippen molar-refractivity contribution in [3.8, 4) is 5.75 Å². The summed E-state index contributed by atoms with van der Waals surface area (Å²) >= 11 is 0. The summed E-state index contributed by atoms with van der Waals surface area (Å²) in [5.74, 6) is 0.322. The molecule has 1 atom stereocenters. The molecule has 0 aliphatic carbocycles. The number of rotatable bonds is 8. The van der Waals surface area contributed by atoms with Gasteiger partial charge < -0.3 is 15.8 Å². The zero-order valence-electron chi connectivity index (χ0n) is 11.2. The van der Waals surface area contributed by atoms with E-state index >= 15 is 0 Å². The van der Waals surface area contributed by atoms with Crippen molar-refractivity contribution in [3.05, 3.63) is 30.1 Å². The first-order valence-corrected chi connectivity index (χ1v) is 6.48. The predicted molar refractivity (Wildman–Crippen MR) is 72.4 cm³/mol. The number of carbonyl (C=O) groups is 1. The molecule has 0 aromatic heterocycles. The van der Waals surface area contributed by atoms with E-state index in [4.69, 9.17) is 10.5 Å². The van der Waals surface area contributed by atoms with Crippen LogP contribution >= 0.6 is 0 Å². The fourth-order valence-corrected chi connectivity index (χ4v) is 1.48. The van der Waals surface area contributed by atoms with E-state index < -0.39 is 0 Å². The Balaban J connectivity index is 2.07. The molecular formula is C14H21FN2O2. The summed E-state index contributed by atoms with van der Waals surface area (Å²) in [5, 5.41) is 2.80. The molecule has 0 aliphatic heterocycles. The van der Waals surface area contributed by atoms with Gasteiger partial charge in [0.25, 0.3) is 0 Å². The van der Waals surface area contributed by atoms with Crippen LogP contribution in [-0.4, -0.2) is 25.1 Å². The Morgan fingerprint density at radius 3 is 2.74 bits per heavy atom. The van der Waals surface area contributed by atoms with Crippen molar-refractivity contribution in [1.82, 2.24) is 5.32 Å². The molecule has 1 aromatic carbocycles. The minimum atomic E-state index is -0.291. The van der Waals surface area contributed by atoms with Crippen molar-refractivity contribution in [1.29, 1.82) is 0 Å². The van der Waals surface area contributed by atoms with E-state index in [2.05, 4.69) is 5.32 Å². The molecule has 1 unspecified atom stereocenters. The molecule has 106 valence electrons. The summed E-state index contributed by atoms with van der Waals surface area (Å²) < 4.78 is 18.0. The lowest BCUT2D eigenvalue weighted by atomic mass is 10.2. The molecule has 0 saturated heterocycles. The smallest absolute Gasteiger partial charge is 0.220 e. The minimum Gasteiger partial charge on any atom is -0.494 e. The van der Waals surface area contributed by atoms with Crippen LogP contribution in [0.4, 0.5) is 4.39 Å². The average molecular weight is 268 g/mol. The summed E-state index contributed by atoms with van der Waals surface area (Å²) in [6.45, 7) is 2.95. The van der Waals surface area contributed by atoms with Crippen LogP contribution in [0.2, 0.25) is 0 Å². The zero-order chi connectivity index (χ0) is 14.1. The Kier molecular flexibility index (Phi) is 6.89. The van der Waals surface area contributed by atoms with Gasteiger partial charge in [-0.25, -0.2) is 4.39 Å². The molecule has 0 fully saturated rings. The maximum Gasteiger partial charge on any atom is 0.220 e.